The van der Waals surface area contributed by atoms with Crippen molar-refractivity contribution >= 4 is 11.9 Å². The summed E-state index contributed by atoms with van der Waals surface area (Å²) in [5, 5.41) is 2.52. The molecule has 0 spiro atoms. The Morgan fingerprint density at radius 2 is 1.73 bits per heavy atom. The molecule has 0 bridgehead atoms. The van der Waals surface area contributed by atoms with Gasteiger partial charge in [-0.05, 0) is 17.7 Å². The Morgan fingerprint density at radius 3 is 2.36 bits per heavy atom. The summed E-state index contributed by atoms with van der Waals surface area (Å²) in [7, 11) is 1.25. The second-order valence-corrected chi connectivity index (χ2v) is 4.72. The molecule has 4 nitrogen and oxygen atoms in total. The molecule has 1 unspecified atom stereocenters. The lowest BCUT2D eigenvalue weighted by Gasteiger charge is -2.17. The van der Waals surface area contributed by atoms with Gasteiger partial charge >= 0.3 is 5.97 Å². The van der Waals surface area contributed by atoms with Crippen molar-refractivity contribution in [1.29, 1.82) is 0 Å². The van der Waals surface area contributed by atoms with Gasteiger partial charge in [-0.2, -0.15) is 0 Å². The van der Waals surface area contributed by atoms with Crippen molar-refractivity contribution in [2.45, 2.75) is 12.5 Å². The fourth-order valence-electron chi connectivity index (χ4n) is 2.07. The van der Waals surface area contributed by atoms with Crippen molar-refractivity contribution in [3.63, 3.8) is 0 Å². The summed E-state index contributed by atoms with van der Waals surface area (Å²) >= 11 is 0. The predicted octanol–water partition coefficient (Wildman–Crippen LogP) is 2.34. The minimum Gasteiger partial charge on any atom is -0.467 e. The molecule has 22 heavy (non-hydrogen) atoms. The first-order chi connectivity index (χ1) is 10.6. The van der Waals surface area contributed by atoms with E-state index >= 15 is 0 Å². The number of hydrogen-bond acceptors (Lipinski definition) is 3. The highest BCUT2D eigenvalue weighted by atomic mass is 19.1. The SMILES string of the molecule is COC(=O)C(Cc1ccccc1)NC(=O)c1ccccc1F. The zero-order chi connectivity index (χ0) is 15.9. The van der Waals surface area contributed by atoms with Crippen LogP contribution >= 0.6 is 0 Å². The van der Waals surface area contributed by atoms with Gasteiger partial charge in [-0.1, -0.05) is 42.5 Å². The summed E-state index contributed by atoms with van der Waals surface area (Å²) in [6.45, 7) is 0. The van der Waals surface area contributed by atoms with Gasteiger partial charge in [0.25, 0.3) is 5.91 Å². The summed E-state index contributed by atoms with van der Waals surface area (Å²) in [4.78, 5) is 24.0. The average Bonchev–Trinajstić information content (AvgIpc) is 2.54. The van der Waals surface area contributed by atoms with Gasteiger partial charge in [-0.15, -0.1) is 0 Å². The third kappa shape index (κ3) is 3.91. The van der Waals surface area contributed by atoms with Gasteiger partial charge in [0.05, 0.1) is 12.7 Å². The lowest BCUT2D eigenvalue weighted by Crippen LogP contribution is -2.43. The van der Waals surface area contributed by atoms with Crippen molar-refractivity contribution in [1.82, 2.24) is 5.32 Å². The molecule has 0 radical (unpaired) electrons. The first kappa shape index (κ1) is 15.7. The minimum absolute atomic E-state index is 0.107. The quantitative estimate of drug-likeness (QED) is 0.862. The van der Waals surface area contributed by atoms with Gasteiger partial charge < -0.3 is 10.1 Å². The van der Waals surface area contributed by atoms with Gasteiger partial charge in [0, 0.05) is 6.42 Å². The van der Waals surface area contributed by atoms with Crippen LogP contribution in [0.2, 0.25) is 0 Å². The maximum absolute atomic E-state index is 13.6. The fraction of sp³-hybridized carbons (Fsp3) is 0.176. The Balaban J connectivity index is 2.15. The Hall–Kier alpha value is -2.69. The van der Waals surface area contributed by atoms with Gasteiger partial charge in [0.15, 0.2) is 0 Å². The number of halogens is 1. The van der Waals surface area contributed by atoms with Crippen LogP contribution < -0.4 is 5.32 Å². The number of nitrogens with one attached hydrogen (secondary N) is 1. The molecule has 1 atom stereocenters. The lowest BCUT2D eigenvalue weighted by molar-refractivity contribution is -0.142. The zero-order valence-corrected chi connectivity index (χ0v) is 12.1. The Labute approximate surface area is 127 Å². The first-order valence-electron chi connectivity index (χ1n) is 6.79. The van der Waals surface area contributed by atoms with E-state index in [4.69, 9.17) is 4.74 Å². The molecule has 2 aromatic rings. The van der Waals surface area contributed by atoms with E-state index < -0.39 is 23.7 Å². The summed E-state index contributed by atoms with van der Waals surface area (Å²) < 4.78 is 18.3. The van der Waals surface area contributed by atoms with E-state index in [-0.39, 0.29) is 12.0 Å². The Morgan fingerprint density at radius 1 is 1.09 bits per heavy atom. The van der Waals surface area contributed by atoms with Gasteiger partial charge in [0.2, 0.25) is 0 Å². The standard InChI is InChI=1S/C17H16FNO3/c1-22-17(21)15(11-12-7-3-2-4-8-12)19-16(20)13-9-5-6-10-14(13)18/h2-10,15H,11H2,1H3,(H,19,20). The van der Waals surface area contributed by atoms with Crippen LogP contribution in [-0.4, -0.2) is 25.0 Å². The maximum Gasteiger partial charge on any atom is 0.328 e. The van der Waals surface area contributed by atoms with Crippen LogP contribution in [0.4, 0.5) is 4.39 Å². The maximum atomic E-state index is 13.6. The molecule has 5 heteroatoms. The molecule has 0 fully saturated rings. The summed E-state index contributed by atoms with van der Waals surface area (Å²) in [5.74, 6) is -1.86. The molecule has 0 saturated carbocycles. The van der Waals surface area contributed by atoms with Crippen LogP contribution in [0.1, 0.15) is 15.9 Å². The molecule has 114 valence electrons. The largest absolute Gasteiger partial charge is 0.467 e. The van der Waals surface area contributed by atoms with Crippen LogP contribution in [0.5, 0.6) is 0 Å². The number of carbonyl (C=O) groups excluding carboxylic acids is 2. The molecule has 1 amide bonds. The fourth-order valence-corrected chi connectivity index (χ4v) is 2.07. The van der Waals surface area contributed by atoms with E-state index in [0.717, 1.165) is 5.56 Å². The Kier molecular flexibility index (Phi) is 5.25. The van der Waals surface area contributed by atoms with Crippen LogP contribution in [0.3, 0.4) is 0 Å². The van der Waals surface area contributed by atoms with Crippen molar-refractivity contribution in [3.05, 3.63) is 71.5 Å². The molecule has 0 aliphatic carbocycles. The molecular formula is C17H16FNO3. The molecule has 0 heterocycles. The highest BCUT2D eigenvalue weighted by Crippen LogP contribution is 2.09. The summed E-state index contributed by atoms with van der Waals surface area (Å²) in [6.07, 6.45) is 0.272. The van der Waals surface area contributed by atoms with Crippen molar-refractivity contribution in [3.8, 4) is 0 Å². The Bertz CT molecular complexity index is 658. The van der Waals surface area contributed by atoms with Crippen LogP contribution in [0.15, 0.2) is 54.6 Å². The van der Waals surface area contributed by atoms with E-state index in [0.29, 0.717) is 0 Å². The third-order valence-corrected chi connectivity index (χ3v) is 3.19. The molecular weight excluding hydrogens is 285 g/mol. The molecule has 0 aliphatic rings. The molecule has 2 rings (SSSR count). The first-order valence-corrected chi connectivity index (χ1v) is 6.79. The number of benzene rings is 2. The topological polar surface area (TPSA) is 55.4 Å². The highest BCUT2D eigenvalue weighted by Gasteiger charge is 2.23. The lowest BCUT2D eigenvalue weighted by atomic mass is 10.1. The number of hydrogen-bond donors (Lipinski definition) is 1. The van der Waals surface area contributed by atoms with Gasteiger partial charge in [0.1, 0.15) is 11.9 Å². The van der Waals surface area contributed by atoms with Crippen molar-refractivity contribution < 1.29 is 18.7 Å². The normalized spacial score (nSPS) is 11.5. The average molecular weight is 301 g/mol. The summed E-state index contributed by atoms with van der Waals surface area (Å²) in [5.41, 5.74) is 0.760. The van der Waals surface area contributed by atoms with Gasteiger partial charge in [-0.25, -0.2) is 9.18 Å². The van der Waals surface area contributed by atoms with E-state index in [1.54, 1.807) is 6.07 Å². The monoisotopic (exact) mass is 301 g/mol. The van der Waals surface area contributed by atoms with Crippen LogP contribution in [0, 0.1) is 5.82 Å². The summed E-state index contributed by atoms with van der Waals surface area (Å²) in [6, 6.07) is 13.9. The molecule has 2 aromatic carbocycles. The highest BCUT2D eigenvalue weighted by molar-refractivity contribution is 5.97. The van der Waals surface area contributed by atoms with E-state index in [1.165, 1.54) is 25.3 Å². The smallest absolute Gasteiger partial charge is 0.328 e. The third-order valence-electron chi connectivity index (χ3n) is 3.19. The second-order valence-electron chi connectivity index (χ2n) is 4.72. The van der Waals surface area contributed by atoms with Gasteiger partial charge in [-0.3, -0.25) is 4.79 Å². The second kappa shape index (κ2) is 7.36. The number of rotatable bonds is 5. The molecule has 1 N–H and O–H groups in total. The number of methoxy groups -OCH3 is 1. The number of ether oxygens (including phenoxy) is 1. The molecule has 0 saturated heterocycles. The molecule has 0 aliphatic heterocycles. The zero-order valence-electron chi connectivity index (χ0n) is 12.1. The van der Waals surface area contributed by atoms with E-state index in [2.05, 4.69) is 5.32 Å². The minimum atomic E-state index is -0.875. The van der Waals surface area contributed by atoms with E-state index in [9.17, 15) is 14.0 Å². The number of carbonyl (C=O) groups is 2. The molecule has 0 aromatic heterocycles. The number of esters is 1. The van der Waals surface area contributed by atoms with Crippen LogP contribution in [-0.2, 0) is 16.0 Å². The van der Waals surface area contributed by atoms with Crippen molar-refractivity contribution in [2.24, 2.45) is 0 Å². The van der Waals surface area contributed by atoms with Crippen LogP contribution in [0.25, 0.3) is 0 Å². The predicted molar refractivity (Wildman–Crippen MR) is 79.8 cm³/mol. The number of amides is 1. The van der Waals surface area contributed by atoms with Crippen molar-refractivity contribution in [2.75, 3.05) is 7.11 Å². The van der Waals surface area contributed by atoms with E-state index in [1.807, 2.05) is 30.3 Å².